The Morgan fingerprint density at radius 1 is 1.08 bits per heavy atom. The number of methoxy groups -OCH3 is 1. The summed E-state index contributed by atoms with van der Waals surface area (Å²) < 4.78 is 11.1. The second kappa shape index (κ2) is 6.96. The normalized spacial score (nSPS) is 27.2. The molecular formula is C20H26O4. The number of hydrogen-bond acceptors (Lipinski definition) is 4. The molecule has 4 nitrogen and oxygen atoms in total. The number of benzene rings is 1. The molecule has 3 rings (SSSR count). The third-order valence-corrected chi connectivity index (χ3v) is 5.89. The number of carbonyl (C=O) groups excluding carboxylic acids is 2. The molecule has 0 radical (unpaired) electrons. The number of esters is 2. The van der Waals surface area contributed by atoms with E-state index in [0.29, 0.717) is 5.56 Å². The molecular weight excluding hydrogens is 304 g/mol. The zero-order valence-corrected chi connectivity index (χ0v) is 14.5. The molecule has 1 aromatic rings. The van der Waals surface area contributed by atoms with Gasteiger partial charge in [0.15, 0.2) is 0 Å². The molecule has 1 aromatic carbocycles. The van der Waals surface area contributed by atoms with Gasteiger partial charge in [-0.15, -0.1) is 0 Å². The fraction of sp³-hybridized carbons (Fsp3) is 0.600. The van der Waals surface area contributed by atoms with Gasteiger partial charge in [-0.1, -0.05) is 31.0 Å². The van der Waals surface area contributed by atoms with Gasteiger partial charge in [-0.3, -0.25) is 4.79 Å². The van der Waals surface area contributed by atoms with Crippen molar-refractivity contribution in [2.75, 3.05) is 7.11 Å². The smallest absolute Gasteiger partial charge is 0.338 e. The summed E-state index contributed by atoms with van der Waals surface area (Å²) in [6, 6.07) is 7.42. The van der Waals surface area contributed by atoms with Crippen molar-refractivity contribution in [2.45, 2.75) is 58.0 Å². The summed E-state index contributed by atoms with van der Waals surface area (Å²) in [5.41, 5.74) is 0.823. The van der Waals surface area contributed by atoms with Crippen LogP contribution in [-0.2, 0) is 14.3 Å². The van der Waals surface area contributed by atoms with E-state index >= 15 is 0 Å². The van der Waals surface area contributed by atoms with Crippen LogP contribution in [0.1, 0.15) is 60.9 Å². The molecule has 130 valence electrons. The van der Waals surface area contributed by atoms with Gasteiger partial charge in [-0.05, 0) is 56.6 Å². The maximum Gasteiger partial charge on any atom is 0.338 e. The van der Waals surface area contributed by atoms with Crippen molar-refractivity contribution in [2.24, 2.45) is 11.3 Å². The molecule has 2 unspecified atom stereocenters. The lowest BCUT2D eigenvalue weighted by molar-refractivity contribution is -0.164. The van der Waals surface area contributed by atoms with E-state index in [2.05, 4.69) is 0 Å². The lowest BCUT2D eigenvalue weighted by Crippen LogP contribution is -2.46. The van der Waals surface area contributed by atoms with Crippen molar-refractivity contribution in [3.05, 3.63) is 35.4 Å². The summed E-state index contributed by atoms with van der Waals surface area (Å²) in [5, 5.41) is 0. The molecule has 2 fully saturated rings. The second-order valence-corrected chi connectivity index (χ2v) is 7.11. The summed E-state index contributed by atoms with van der Waals surface area (Å²) in [7, 11) is 1.44. The minimum absolute atomic E-state index is 0.200. The average molecular weight is 330 g/mol. The topological polar surface area (TPSA) is 52.6 Å². The maximum absolute atomic E-state index is 12.7. The van der Waals surface area contributed by atoms with Gasteiger partial charge in [0.2, 0.25) is 0 Å². The van der Waals surface area contributed by atoms with Crippen LogP contribution >= 0.6 is 0 Å². The Hall–Kier alpha value is -1.84. The highest BCUT2D eigenvalue weighted by Crippen LogP contribution is 2.52. The molecule has 2 atom stereocenters. The van der Waals surface area contributed by atoms with Crippen LogP contribution in [0.25, 0.3) is 0 Å². The summed E-state index contributed by atoms with van der Waals surface area (Å²) >= 11 is 0. The van der Waals surface area contributed by atoms with Crippen LogP contribution in [0.5, 0.6) is 0 Å². The molecule has 24 heavy (non-hydrogen) atoms. The highest BCUT2D eigenvalue weighted by molar-refractivity contribution is 5.91. The van der Waals surface area contributed by atoms with Gasteiger partial charge in [0, 0.05) is 0 Å². The predicted molar refractivity (Wildman–Crippen MR) is 90.6 cm³/mol. The number of rotatable bonds is 4. The molecule has 2 saturated carbocycles. The molecule has 2 aliphatic carbocycles. The highest BCUT2D eigenvalue weighted by Gasteiger charge is 2.57. The van der Waals surface area contributed by atoms with Gasteiger partial charge >= 0.3 is 11.9 Å². The molecule has 0 aliphatic heterocycles. The highest BCUT2D eigenvalue weighted by atomic mass is 16.6. The Bertz CT molecular complexity index is 618. The fourth-order valence-corrected chi connectivity index (χ4v) is 4.66. The molecule has 2 aliphatic rings. The summed E-state index contributed by atoms with van der Waals surface area (Å²) in [4.78, 5) is 25.4. The Kier molecular flexibility index (Phi) is 4.93. The van der Waals surface area contributed by atoms with Crippen molar-refractivity contribution in [1.29, 1.82) is 0 Å². The van der Waals surface area contributed by atoms with Gasteiger partial charge in [0.1, 0.15) is 11.5 Å². The van der Waals surface area contributed by atoms with Crippen molar-refractivity contribution in [1.82, 2.24) is 0 Å². The van der Waals surface area contributed by atoms with Gasteiger partial charge in [0.25, 0.3) is 0 Å². The third-order valence-electron chi connectivity index (χ3n) is 5.89. The first-order valence-corrected chi connectivity index (χ1v) is 8.94. The maximum atomic E-state index is 12.7. The molecule has 4 heteroatoms. The molecule has 0 bridgehead atoms. The van der Waals surface area contributed by atoms with Crippen LogP contribution in [0, 0.1) is 18.3 Å². The minimum Gasteiger partial charge on any atom is -0.468 e. The summed E-state index contributed by atoms with van der Waals surface area (Å²) in [6.45, 7) is 1.90. The van der Waals surface area contributed by atoms with Crippen molar-refractivity contribution < 1.29 is 19.1 Å². The molecule has 0 saturated heterocycles. The van der Waals surface area contributed by atoms with Crippen LogP contribution in [0.2, 0.25) is 0 Å². The molecule has 0 spiro atoms. The Labute approximate surface area is 143 Å². The predicted octanol–water partition coefficient (Wildman–Crippen LogP) is 4.05. The summed E-state index contributed by atoms with van der Waals surface area (Å²) in [6.07, 6.45) is 6.35. The largest absolute Gasteiger partial charge is 0.468 e. The molecule has 0 N–H and O–H groups in total. The Balaban J connectivity index is 1.86. The van der Waals surface area contributed by atoms with Gasteiger partial charge in [-0.2, -0.15) is 0 Å². The monoisotopic (exact) mass is 330 g/mol. The lowest BCUT2D eigenvalue weighted by Gasteiger charge is -2.37. The minimum atomic E-state index is -0.649. The van der Waals surface area contributed by atoms with E-state index in [1.807, 2.05) is 25.1 Å². The first-order valence-electron chi connectivity index (χ1n) is 8.94. The SMILES string of the molecule is COC(=O)C1(C2CCCC2)CCCC1OC(=O)c1ccccc1C. The van der Waals surface area contributed by atoms with Crippen molar-refractivity contribution in [3.8, 4) is 0 Å². The fourth-order valence-electron chi connectivity index (χ4n) is 4.66. The van der Waals surface area contributed by atoms with Crippen LogP contribution < -0.4 is 0 Å². The van der Waals surface area contributed by atoms with Crippen molar-refractivity contribution in [3.63, 3.8) is 0 Å². The van der Waals surface area contributed by atoms with Gasteiger partial charge in [0.05, 0.1) is 12.7 Å². The van der Waals surface area contributed by atoms with Crippen molar-refractivity contribution >= 4 is 11.9 Å². The van der Waals surface area contributed by atoms with E-state index < -0.39 is 5.41 Å². The molecule has 0 heterocycles. The van der Waals surface area contributed by atoms with Crippen LogP contribution in [0.15, 0.2) is 24.3 Å². The van der Waals surface area contributed by atoms with Gasteiger partial charge in [-0.25, -0.2) is 4.79 Å². The standard InChI is InChI=1S/C20H26O4/c1-14-8-3-6-11-16(14)18(21)24-17-12-7-13-20(17,19(22)23-2)15-9-4-5-10-15/h3,6,8,11,15,17H,4-5,7,9-10,12-13H2,1-2H3. The third kappa shape index (κ3) is 2.83. The molecule has 0 aromatic heterocycles. The molecule has 0 amide bonds. The van der Waals surface area contributed by atoms with Crippen LogP contribution in [0.4, 0.5) is 0 Å². The number of aryl methyl sites for hydroxylation is 1. The quantitative estimate of drug-likeness (QED) is 0.781. The number of ether oxygens (including phenoxy) is 2. The lowest BCUT2D eigenvalue weighted by atomic mass is 9.71. The van der Waals surface area contributed by atoms with E-state index in [-0.39, 0.29) is 24.0 Å². The number of hydrogen-bond donors (Lipinski definition) is 0. The summed E-state index contributed by atoms with van der Waals surface area (Å²) in [5.74, 6) is -0.261. The van der Waals surface area contributed by atoms with E-state index in [4.69, 9.17) is 9.47 Å². The number of carbonyl (C=O) groups is 2. The first-order chi connectivity index (χ1) is 11.6. The second-order valence-electron chi connectivity index (χ2n) is 7.11. The zero-order valence-electron chi connectivity index (χ0n) is 14.5. The van der Waals surface area contributed by atoms with Crippen LogP contribution in [-0.4, -0.2) is 25.2 Å². The van der Waals surface area contributed by atoms with E-state index in [9.17, 15) is 9.59 Å². The van der Waals surface area contributed by atoms with E-state index in [1.54, 1.807) is 6.07 Å². The first kappa shape index (κ1) is 17.0. The van der Waals surface area contributed by atoms with E-state index in [0.717, 1.165) is 50.5 Å². The van der Waals surface area contributed by atoms with Gasteiger partial charge < -0.3 is 9.47 Å². The Morgan fingerprint density at radius 3 is 2.46 bits per heavy atom. The van der Waals surface area contributed by atoms with E-state index in [1.165, 1.54) is 7.11 Å². The Morgan fingerprint density at radius 2 is 1.79 bits per heavy atom. The zero-order chi connectivity index (χ0) is 17.2. The average Bonchev–Trinajstić information content (AvgIpc) is 3.24. The van der Waals surface area contributed by atoms with Crippen LogP contribution in [0.3, 0.4) is 0 Å².